The highest BCUT2D eigenvalue weighted by Gasteiger charge is 2.11. The second kappa shape index (κ2) is 6.55. The quantitative estimate of drug-likeness (QED) is 0.413. The lowest BCUT2D eigenvalue weighted by Crippen LogP contribution is -2.24. The number of carbonyl (C=O) groups is 1. The Morgan fingerprint density at radius 2 is 2.17 bits per heavy atom. The molecule has 1 aromatic carbocycles. The number of benzene rings is 1. The Balaban J connectivity index is 2.60. The molecule has 0 amide bonds. The van der Waals surface area contributed by atoms with E-state index in [0.717, 1.165) is 5.56 Å². The molecule has 18 heavy (non-hydrogen) atoms. The number of carboxylic acids is 1. The minimum Gasteiger partial charge on any atom is -0.479 e. The van der Waals surface area contributed by atoms with Crippen molar-refractivity contribution in [2.75, 3.05) is 0 Å². The summed E-state index contributed by atoms with van der Waals surface area (Å²) in [4.78, 5) is 10.6. The number of hydrogen-bond acceptors (Lipinski definition) is 4. The Kier molecular flexibility index (Phi) is 5.06. The second-order valence-corrected chi connectivity index (χ2v) is 3.84. The zero-order valence-electron chi connectivity index (χ0n) is 9.66. The van der Waals surface area contributed by atoms with Crippen molar-refractivity contribution in [3.8, 4) is 5.75 Å². The van der Waals surface area contributed by atoms with Crippen molar-refractivity contribution in [2.45, 2.75) is 13.0 Å². The van der Waals surface area contributed by atoms with Gasteiger partial charge >= 0.3 is 5.97 Å². The van der Waals surface area contributed by atoms with E-state index in [1.54, 1.807) is 24.3 Å². The van der Waals surface area contributed by atoms with Gasteiger partial charge < -0.3 is 15.6 Å². The fourth-order valence-electron chi connectivity index (χ4n) is 1.06. The first-order chi connectivity index (χ1) is 8.49. The number of nitrogens with one attached hydrogen (secondary N) is 1. The van der Waals surface area contributed by atoms with Crippen LogP contribution in [0.4, 0.5) is 0 Å². The minimum atomic E-state index is -1.01. The van der Waals surface area contributed by atoms with Crippen molar-refractivity contribution < 1.29 is 14.6 Å². The maximum Gasteiger partial charge on any atom is 0.344 e. The van der Waals surface area contributed by atoms with Crippen LogP contribution in [0.15, 0.2) is 29.4 Å². The Morgan fingerprint density at radius 1 is 1.56 bits per heavy atom. The molecule has 0 spiro atoms. The van der Waals surface area contributed by atoms with Crippen LogP contribution in [0.25, 0.3) is 0 Å². The average molecular weight is 267 g/mol. The van der Waals surface area contributed by atoms with Crippen molar-refractivity contribution >= 4 is 29.5 Å². The molecule has 1 atom stereocenters. The summed E-state index contributed by atoms with van der Waals surface area (Å²) >= 11 is 4.58. The smallest absolute Gasteiger partial charge is 0.344 e. The summed E-state index contributed by atoms with van der Waals surface area (Å²) < 4.78 is 5.17. The molecule has 0 heterocycles. The van der Waals surface area contributed by atoms with Gasteiger partial charge in [-0.25, -0.2) is 4.79 Å². The van der Waals surface area contributed by atoms with Crippen molar-refractivity contribution in [3.05, 3.63) is 29.8 Å². The summed E-state index contributed by atoms with van der Waals surface area (Å²) in [7, 11) is 0. The zero-order valence-corrected chi connectivity index (χ0v) is 10.5. The van der Waals surface area contributed by atoms with Gasteiger partial charge in [-0.2, -0.15) is 5.10 Å². The monoisotopic (exact) mass is 267 g/mol. The molecule has 7 heteroatoms. The van der Waals surface area contributed by atoms with Gasteiger partial charge in [0.2, 0.25) is 0 Å². The predicted molar refractivity (Wildman–Crippen MR) is 71.7 cm³/mol. The van der Waals surface area contributed by atoms with Gasteiger partial charge in [-0.1, -0.05) is 0 Å². The fourth-order valence-corrected chi connectivity index (χ4v) is 1.11. The average Bonchev–Trinajstić information content (AvgIpc) is 2.30. The van der Waals surface area contributed by atoms with E-state index < -0.39 is 12.1 Å². The molecule has 0 bridgehead atoms. The van der Waals surface area contributed by atoms with Gasteiger partial charge in [0, 0.05) is 0 Å². The molecule has 1 rings (SSSR count). The molecular formula is C11H13N3O3S. The van der Waals surface area contributed by atoms with Crippen LogP contribution in [0.5, 0.6) is 5.75 Å². The summed E-state index contributed by atoms with van der Waals surface area (Å²) in [5, 5.41) is 12.6. The molecule has 0 fully saturated rings. The van der Waals surface area contributed by atoms with Crippen molar-refractivity contribution in [3.63, 3.8) is 0 Å². The standard InChI is InChI=1S/C11H13N3O3S/c1-7(10(15)16)17-9-4-2-8(3-5-9)6-13-14-11(12)18/h2-7H,1H3,(H,15,16)(H3,12,14,18)/t7-/m0/s1. The molecule has 0 aliphatic heterocycles. The third-order valence-electron chi connectivity index (χ3n) is 1.93. The number of aliphatic carboxylic acids is 1. The van der Waals surface area contributed by atoms with E-state index in [0.29, 0.717) is 5.75 Å². The third-order valence-corrected chi connectivity index (χ3v) is 2.02. The number of rotatable bonds is 5. The zero-order chi connectivity index (χ0) is 13.5. The highest BCUT2D eigenvalue weighted by atomic mass is 32.1. The van der Waals surface area contributed by atoms with E-state index >= 15 is 0 Å². The highest BCUT2D eigenvalue weighted by molar-refractivity contribution is 7.80. The number of hydrogen-bond donors (Lipinski definition) is 3. The van der Waals surface area contributed by atoms with Crippen molar-refractivity contribution in [1.82, 2.24) is 5.43 Å². The first-order valence-electron chi connectivity index (χ1n) is 5.07. The normalized spacial score (nSPS) is 12.1. The van der Waals surface area contributed by atoms with E-state index in [2.05, 4.69) is 22.7 Å². The maximum absolute atomic E-state index is 10.6. The third kappa shape index (κ3) is 4.79. The van der Waals surface area contributed by atoms with Gasteiger partial charge in [0.15, 0.2) is 11.2 Å². The van der Waals surface area contributed by atoms with Crippen molar-refractivity contribution in [1.29, 1.82) is 0 Å². The van der Waals surface area contributed by atoms with E-state index in [1.807, 2.05) is 0 Å². The van der Waals surface area contributed by atoms with Gasteiger partial charge in [-0.15, -0.1) is 0 Å². The first-order valence-corrected chi connectivity index (χ1v) is 5.48. The van der Waals surface area contributed by atoms with E-state index in [4.69, 9.17) is 15.6 Å². The largest absolute Gasteiger partial charge is 0.479 e. The molecule has 0 unspecified atom stereocenters. The molecule has 4 N–H and O–H groups in total. The second-order valence-electron chi connectivity index (χ2n) is 3.40. The van der Waals surface area contributed by atoms with Gasteiger partial charge in [0.1, 0.15) is 5.75 Å². The summed E-state index contributed by atoms with van der Waals surface area (Å²) in [5.74, 6) is -0.536. The molecule has 0 aromatic heterocycles. The van der Waals surface area contributed by atoms with Crippen LogP contribution in [0.3, 0.4) is 0 Å². The number of carboxylic acid groups (broad SMARTS) is 1. The van der Waals surface area contributed by atoms with E-state index in [1.165, 1.54) is 13.1 Å². The lowest BCUT2D eigenvalue weighted by atomic mass is 10.2. The number of nitrogens with two attached hydrogens (primary N) is 1. The molecular weight excluding hydrogens is 254 g/mol. The van der Waals surface area contributed by atoms with Gasteiger partial charge in [-0.05, 0) is 49.0 Å². The van der Waals surface area contributed by atoms with Crippen molar-refractivity contribution in [2.24, 2.45) is 10.8 Å². The maximum atomic E-state index is 10.6. The van der Waals surface area contributed by atoms with Crippen LogP contribution in [-0.4, -0.2) is 28.5 Å². The summed E-state index contributed by atoms with van der Waals surface area (Å²) in [6, 6.07) is 6.77. The number of nitrogens with zero attached hydrogens (tertiary/aromatic N) is 1. The lowest BCUT2D eigenvalue weighted by molar-refractivity contribution is -0.144. The summed E-state index contributed by atoms with van der Waals surface area (Å²) in [5.41, 5.74) is 8.42. The number of thiocarbonyl (C=S) groups is 1. The van der Waals surface area contributed by atoms with Crippen LogP contribution in [-0.2, 0) is 4.79 Å². The predicted octanol–water partition coefficient (Wildman–Crippen LogP) is 0.706. The van der Waals surface area contributed by atoms with Gasteiger partial charge in [0.05, 0.1) is 6.21 Å². The van der Waals surface area contributed by atoms with Crippen LogP contribution in [0.2, 0.25) is 0 Å². The summed E-state index contributed by atoms with van der Waals surface area (Å²) in [6.45, 7) is 1.46. The van der Waals surface area contributed by atoms with Gasteiger partial charge in [0.25, 0.3) is 0 Å². The van der Waals surface area contributed by atoms with E-state index in [-0.39, 0.29) is 5.11 Å². The molecule has 1 aromatic rings. The summed E-state index contributed by atoms with van der Waals surface area (Å²) in [6.07, 6.45) is 0.643. The van der Waals surface area contributed by atoms with Crippen LogP contribution in [0.1, 0.15) is 12.5 Å². The Bertz CT molecular complexity index is 459. The van der Waals surface area contributed by atoms with Crippen LogP contribution >= 0.6 is 12.2 Å². The Morgan fingerprint density at radius 3 is 2.67 bits per heavy atom. The molecule has 0 radical (unpaired) electrons. The SMILES string of the molecule is C[C@H](Oc1ccc(C=NNC(N)=S)cc1)C(=O)O. The Labute approximate surface area is 109 Å². The fraction of sp³-hybridized carbons (Fsp3) is 0.182. The minimum absolute atomic E-state index is 0.0847. The molecule has 0 aliphatic rings. The molecule has 96 valence electrons. The van der Waals surface area contributed by atoms with Gasteiger partial charge in [-0.3, -0.25) is 5.43 Å². The topological polar surface area (TPSA) is 96.9 Å². The highest BCUT2D eigenvalue weighted by Crippen LogP contribution is 2.13. The molecule has 0 aliphatic carbocycles. The van der Waals surface area contributed by atoms with E-state index in [9.17, 15) is 4.79 Å². The number of hydrazone groups is 1. The molecule has 0 saturated carbocycles. The lowest BCUT2D eigenvalue weighted by Gasteiger charge is -2.09. The molecule has 0 saturated heterocycles. The Hall–Kier alpha value is -2.15. The molecule has 6 nitrogen and oxygen atoms in total. The van der Waals surface area contributed by atoms with Crippen LogP contribution in [0, 0.1) is 0 Å². The first kappa shape index (κ1) is 13.9. The number of ether oxygens (including phenoxy) is 1. The van der Waals surface area contributed by atoms with Crippen LogP contribution < -0.4 is 15.9 Å².